The van der Waals surface area contributed by atoms with Crippen molar-refractivity contribution in [2.75, 3.05) is 26.7 Å². The van der Waals surface area contributed by atoms with Crippen LogP contribution >= 0.6 is 0 Å². The summed E-state index contributed by atoms with van der Waals surface area (Å²) in [6.07, 6.45) is 1.25. The van der Waals surface area contributed by atoms with E-state index in [9.17, 15) is 18.0 Å². The average Bonchev–Trinajstić information content (AvgIpc) is 2.82. The minimum Gasteiger partial charge on any atom is -0.495 e. The number of piperidine rings is 1. The third-order valence-corrected chi connectivity index (χ3v) is 6.52. The van der Waals surface area contributed by atoms with Crippen molar-refractivity contribution < 1.29 is 17.9 Å². The number of alkyl halides is 3. The molecule has 0 atom stereocenters. The van der Waals surface area contributed by atoms with Crippen molar-refractivity contribution in [3.8, 4) is 5.75 Å². The van der Waals surface area contributed by atoms with Crippen molar-refractivity contribution in [2.24, 2.45) is 5.92 Å². The fourth-order valence-corrected chi connectivity index (χ4v) is 4.46. The summed E-state index contributed by atoms with van der Waals surface area (Å²) in [6.45, 7) is 3.28. The summed E-state index contributed by atoms with van der Waals surface area (Å²) in [6, 6.07) is 10.6. The van der Waals surface area contributed by atoms with Gasteiger partial charge < -0.3 is 14.2 Å². The van der Waals surface area contributed by atoms with Crippen LogP contribution in [0.2, 0.25) is 0 Å². The number of fused-ring (bicyclic) bond motifs is 1. The summed E-state index contributed by atoms with van der Waals surface area (Å²) >= 11 is 0. The van der Waals surface area contributed by atoms with Gasteiger partial charge in [0.2, 0.25) is 0 Å². The van der Waals surface area contributed by atoms with Crippen LogP contribution in [-0.2, 0) is 19.1 Å². The van der Waals surface area contributed by atoms with Crippen LogP contribution in [0.1, 0.15) is 30.4 Å². The molecule has 3 aromatic rings. The van der Waals surface area contributed by atoms with Gasteiger partial charge in [0.05, 0.1) is 29.9 Å². The monoisotopic (exact) mass is 459 g/mol. The van der Waals surface area contributed by atoms with E-state index in [-0.39, 0.29) is 5.56 Å². The first kappa shape index (κ1) is 23.3. The Morgan fingerprint density at radius 2 is 1.79 bits per heavy atom. The second-order valence-corrected chi connectivity index (χ2v) is 8.62. The average molecular weight is 460 g/mol. The number of nitrogens with zero attached hydrogens (tertiary/aromatic N) is 3. The van der Waals surface area contributed by atoms with E-state index < -0.39 is 11.7 Å². The second-order valence-electron chi connectivity index (χ2n) is 8.62. The minimum atomic E-state index is -4.29. The maximum Gasteiger partial charge on any atom is 0.416 e. The van der Waals surface area contributed by atoms with Crippen LogP contribution in [0, 0.1) is 5.92 Å². The molecular weight excluding hydrogens is 431 g/mol. The molecule has 0 saturated carbocycles. The Labute approximate surface area is 190 Å². The molecule has 1 aliphatic rings. The summed E-state index contributed by atoms with van der Waals surface area (Å²) in [5.74, 6) is 1.19. The topological polar surface area (TPSA) is 47.4 Å². The highest BCUT2D eigenvalue weighted by molar-refractivity contribution is 5.75. The Hall–Kier alpha value is -2.87. The van der Waals surface area contributed by atoms with Gasteiger partial charge in [0.1, 0.15) is 5.75 Å². The number of hydrogen-bond acceptors (Lipinski definition) is 4. The van der Waals surface area contributed by atoms with Crippen LogP contribution in [0.4, 0.5) is 13.2 Å². The predicted molar refractivity (Wildman–Crippen MR) is 121 cm³/mol. The quantitative estimate of drug-likeness (QED) is 0.511. The number of methoxy groups -OCH3 is 1. The summed E-state index contributed by atoms with van der Waals surface area (Å²) in [7, 11) is 1.58. The smallest absolute Gasteiger partial charge is 0.416 e. The van der Waals surface area contributed by atoms with E-state index in [0.717, 1.165) is 74.0 Å². The van der Waals surface area contributed by atoms with Gasteiger partial charge in [0.25, 0.3) is 5.56 Å². The molecule has 0 bridgehead atoms. The van der Waals surface area contributed by atoms with Gasteiger partial charge in [-0.15, -0.1) is 0 Å². The normalized spacial score (nSPS) is 15.8. The summed E-state index contributed by atoms with van der Waals surface area (Å²) < 4.78 is 45.1. The molecule has 176 valence electrons. The first-order valence-corrected chi connectivity index (χ1v) is 11.3. The van der Waals surface area contributed by atoms with Crippen molar-refractivity contribution in [3.05, 3.63) is 70.1 Å². The highest BCUT2D eigenvalue weighted by Crippen LogP contribution is 2.30. The molecule has 1 saturated heterocycles. The first-order valence-electron chi connectivity index (χ1n) is 11.3. The van der Waals surface area contributed by atoms with Gasteiger partial charge in [-0.25, -0.2) is 0 Å². The Morgan fingerprint density at radius 3 is 2.45 bits per heavy atom. The van der Waals surface area contributed by atoms with E-state index in [4.69, 9.17) is 4.74 Å². The zero-order chi connectivity index (χ0) is 23.4. The van der Waals surface area contributed by atoms with Gasteiger partial charge in [-0.3, -0.25) is 9.78 Å². The van der Waals surface area contributed by atoms with Crippen molar-refractivity contribution in [1.82, 2.24) is 14.5 Å². The van der Waals surface area contributed by atoms with Crippen LogP contribution in [0.15, 0.2) is 53.5 Å². The second kappa shape index (κ2) is 9.95. The molecule has 0 unspecified atom stereocenters. The Bertz CT molecular complexity index is 1130. The minimum absolute atomic E-state index is 0.0519. The number of pyridine rings is 2. The fraction of sp³-hybridized carbons (Fsp3) is 0.440. The molecule has 1 fully saturated rings. The van der Waals surface area contributed by atoms with Gasteiger partial charge in [-0.05, 0) is 68.5 Å². The number of halogens is 3. The van der Waals surface area contributed by atoms with E-state index in [1.165, 1.54) is 0 Å². The van der Waals surface area contributed by atoms with Gasteiger partial charge >= 0.3 is 6.18 Å². The molecular formula is C25H28F3N3O2. The molecule has 0 aliphatic carbocycles. The van der Waals surface area contributed by atoms with Gasteiger partial charge in [0, 0.05) is 25.2 Å². The number of aromatic nitrogens is 2. The number of aryl methyl sites for hydroxylation is 1. The Balaban J connectivity index is 1.28. The molecule has 0 spiro atoms. The molecule has 0 amide bonds. The molecule has 33 heavy (non-hydrogen) atoms. The number of likely N-dealkylation sites (tertiary alicyclic amines) is 1. The Morgan fingerprint density at radius 1 is 1.06 bits per heavy atom. The SMILES string of the molecule is COc1cnc2ccc(=O)n(CCN3CCC(CCc4ccc(C(F)(F)F)cc4)CC3)c2c1. The molecule has 1 aliphatic heterocycles. The predicted octanol–water partition coefficient (Wildman–Crippen LogP) is 4.77. The van der Waals surface area contributed by atoms with Crippen LogP contribution in [0.5, 0.6) is 5.75 Å². The van der Waals surface area contributed by atoms with Gasteiger partial charge in [-0.1, -0.05) is 12.1 Å². The molecule has 0 radical (unpaired) electrons. The lowest BCUT2D eigenvalue weighted by molar-refractivity contribution is -0.137. The van der Waals surface area contributed by atoms with Crippen molar-refractivity contribution >= 4 is 11.0 Å². The third kappa shape index (κ3) is 5.74. The molecule has 3 heterocycles. The van der Waals surface area contributed by atoms with Crippen molar-refractivity contribution in [1.29, 1.82) is 0 Å². The number of ether oxygens (including phenoxy) is 1. The maximum atomic E-state index is 12.7. The number of rotatable bonds is 7. The summed E-state index contributed by atoms with van der Waals surface area (Å²) in [4.78, 5) is 19.2. The van der Waals surface area contributed by atoms with E-state index >= 15 is 0 Å². The Kier molecular flexibility index (Phi) is 7.02. The van der Waals surface area contributed by atoms with Crippen molar-refractivity contribution in [3.63, 3.8) is 0 Å². The van der Waals surface area contributed by atoms with Crippen LogP contribution in [0.3, 0.4) is 0 Å². The third-order valence-electron chi connectivity index (χ3n) is 6.52. The fourth-order valence-electron chi connectivity index (χ4n) is 4.46. The molecule has 1 aromatic carbocycles. The first-order chi connectivity index (χ1) is 15.8. The largest absolute Gasteiger partial charge is 0.495 e. The molecule has 8 heteroatoms. The lowest BCUT2D eigenvalue weighted by Gasteiger charge is -2.32. The summed E-state index contributed by atoms with van der Waals surface area (Å²) in [5, 5.41) is 0. The molecule has 0 N–H and O–H groups in total. The lowest BCUT2D eigenvalue weighted by atomic mass is 9.90. The summed E-state index contributed by atoms with van der Waals surface area (Å²) in [5.41, 5.74) is 1.83. The molecule has 2 aromatic heterocycles. The van der Waals surface area contributed by atoms with Crippen LogP contribution in [0.25, 0.3) is 11.0 Å². The van der Waals surface area contributed by atoms with E-state index in [1.54, 1.807) is 42.1 Å². The van der Waals surface area contributed by atoms with Gasteiger partial charge in [0.15, 0.2) is 0 Å². The van der Waals surface area contributed by atoms with E-state index in [1.807, 2.05) is 6.07 Å². The number of benzene rings is 1. The van der Waals surface area contributed by atoms with E-state index in [2.05, 4.69) is 9.88 Å². The zero-order valence-electron chi connectivity index (χ0n) is 18.6. The zero-order valence-corrected chi connectivity index (χ0v) is 18.6. The van der Waals surface area contributed by atoms with Crippen LogP contribution < -0.4 is 10.3 Å². The lowest BCUT2D eigenvalue weighted by Crippen LogP contribution is -2.37. The molecule has 4 rings (SSSR count). The highest BCUT2D eigenvalue weighted by atomic mass is 19.4. The standard InChI is InChI=1S/C25H28F3N3O2/c1-33-21-16-23-22(29-17-21)8-9-24(32)31(23)15-14-30-12-10-19(11-13-30)3-2-18-4-6-20(7-5-18)25(26,27)28/h4-9,16-17,19H,2-3,10-15H2,1H3. The van der Waals surface area contributed by atoms with Gasteiger partial charge in [-0.2, -0.15) is 13.2 Å². The maximum absolute atomic E-state index is 12.7. The van der Waals surface area contributed by atoms with Crippen molar-refractivity contribution in [2.45, 2.75) is 38.4 Å². The van der Waals surface area contributed by atoms with E-state index in [0.29, 0.717) is 18.2 Å². The number of hydrogen-bond donors (Lipinski definition) is 0. The highest BCUT2D eigenvalue weighted by Gasteiger charge is 2.30. The van der Waals surface area contributed by atoms with Crippen LogP contribution in [-0.4, -0.2) is 41.2 Å². The molecule has 5 nitrogen and oxygen atoms in total.